The molecule has 0 aliphatic carbocycles. The molecule has 3 rings (SSSR count). The highest BCUT2D eigenvalue weighted by Crippen LogP contribution is 2.38. The average Bonchev–Trinajstić information content (AvgIpc) is 2.62. The molecule has 3 aliphatic heterocycles. The number of hydrogen-bond donors (Lipinski definition) is 4. The van der Waals surface area contributed by atoms with E-state index in [1.54, 1.807) is 6.08 Å². The second kappa shape index (κ2) is 7.40. The van der Waals surface area contributed by atoms with Crippen LogP contribution in [0.3, 0.4) is 0 Å². The molecule has 140 valence electrons. The van der Waals surface area contributed by atoms with E-state index in [-0.39, 0.29) is 12.5 Å². The van der Waals surface area contributed by atoms with E-state index in [9.17, 15) is 25.2 Å². The molecule has 0 aromatic carbocycles. The van der Waals surface area contributed by atoms with Gasteiger partial charge in [-0.2, -0.15) is 0 Å². The van der Waals surface area contributed by atoms with Gasteiger partial charge in [0, 0.05) is 11.8 Å². The van der Waals surface area contributed by atoms with Crippen LogP contribution < -0.4 is 0 Å². The van der Waals surface area contributed by atoms with Crippen LogP contribution in [0.5, 0.6) is 0 Å². The number of esters is 1. The molecule has 8 atom stereocenters. The summed E-state index contributed by atoms with van der Waals surface area (Å²) in [6.45, 7) is 3.47. The molecule has 9 heteroatoms. The third kappa shape index (κ3) is 3.31. The first-order valence-corrected chi connectivity index (χ1v) is 8.09. The predicted octanol–water partition coefficient (Wildman–Crippen LogP) is -1.59. The number of fused-ring (bicyclic) bond motifs is 1. The molecule has 0 amide bonds. The minimum Gasteiger partial charge on any atom is -0.471 e. The predicted molar refractivity (Wildman–Crippen MR) is 80.6 cm³/mol. The third-order valence-electron chi connectivity index (χ3n) is 4.79. The Bertz CT molecular complexity index is 546. The van der Waals surface area contributed by atoms with Gasteiger partial charge in [-0.15, -0.1) is 6.58 Å². The zero-order valence-corrected chi connectivity index (χ0v) is 13.4. The Morgan fingerprint density at radius 1 is 1.24 bits per heavy atom. The second-order valence-corrected chi connectivity index (χ2v) is 6.26. The maximum atomic E-state index is 11.8. The van der Waals surface area contributed by atoms with Gasteiger partial charge in [-0.1, -0.05) is 6.08 Å². The number of hydrogen-bond acceptors (Lipinski definition) is 9. The maximum Gasteiger partial charge on any atom is 0.337 e. The summed E-state index contributed by atoms with van der Waals surface area (Å²) in [4.78, 5) is 11.8. The van der Waals surface area contributed by atoms with E-state index < -0.39 is 55.5 Å². The van der Waals surface area contributed by atoms with Crippen LogP contribution in [-0.4, -0.2) is 76.6 Å². The topological polar surface area (TPSA) is 135 Å². The second-order valence-electron chi connectivity index (χ2n) is 6.26. The molecule has 3 heterocycles. The van der Waals surface area contributed by atoms with Crippen molar-refractivity contribution in [1.29, 1.82) is 0 Å². The fourth-order valence-electron chi connectivity index (χ4n) is 3.34. The van der Waals surface area contributed by atoms with Gasteiger partial charge in [-0.3, -0.25) is 0 Å². The fraction of sp³-hybridized carbons (Fsp3) is 0.688. The fourth-order valence-corrected chi connectivity index (χ4v) is 3.34. The number of aliphatic hydroxyl groups is 4. The lowest BCUT2D eigenvalue weighted by Gasteiger charge is -2.43. The summed E-state index contributed by atoms with van der Waals surface area (Å²) in [5.74, 6) is -1.06. The lowest BCUT2D eigenvalue weighted by Crippen LogP contribution is -2.60. The van der Waals surface area contributed by atoms with E-state index in [2.05, 4.69) is 6.58 Å². The lowest BCUT2D eigenvalue weighted by atomic mass is 9.81. The molecule has 9 nitrogen and oxygen atoms in total. The normalized spacial score (nSPS) is 44.2. The quantitative estimate of drug-likeness (QED) is 0.346. The van der Waals surface area contributed by atoms with Gasteiger partial charge in [0.2, 0.25) is 6.29 Å². The van der Waals surface area contributed by atoms with E-state index in [0.29, 0.717) is 12.0 Å². The average molecular weight is 358 g/mol. The van der Waals surface area contributed by atoms with Crippen LogP contribution in [0.15, 0.2) is 24.5 Å². The molecular formula is C16H22O9. The van der Waals surface area contributed by atoms with E-state index in [1.807, 2.05) is 0 Å². The Morgan fingerprint density at radius 3 is 2.68 bits per heavy atom. The summed E-state index contributed by atoms with van der Waals surface area (Å²) in [7, 11) is 0. The number of rotatable bonds is 4. The molecule has 0 bridgehead atoms. The summed E-state index contributed by atoms with van der Waals surface area (Å²) < 4.78 is 21.4. The maximum absolute atomic E-state index is 11.8. The Kier molecular flexibility index (Phi) is 5.42. The SMILES string of the molecule is C=C[C@H]1[C@H](O[C@@H]2OC(CO)[C@H](O)[C@H](O)C2O)OC=C2C(=O)OCC[C@H]21. The van der Waals surface area contributed by atoms with Gasteiger partial charge in [0.1, 0.15) is 24.4 Å². The molecule has 0 spiro atoms. The van der Waals surface area contributed by atoms with Crippen molar-refractivity contribution in [3.05, 3.63) is 24.5 Å². The number of carbonyl (C=O) groups is 1. The summed E-state index contributed by atoms with van der Waals surface area (Å²) in [6, 6.07) is 0. The zero-order chi connectivity index (χ0) is 18.1. The van der Waals surface area contributed by atoms with Crippen LogP contribution in [0.1, 0.15) is 6.42 Å². The van der Waals surface area contributed by atoms with Gasteiger partial charge in [0.25, 0.3) is 0 Å². The highest BCUT2D eigenvalue weighted by atomic mass is 16.8. The number of aliphatic hydroxyl groups excluding tert-OH is 4. The van der Waals surface area contributed by atoms with Crippen LogP contribution in [0.25, 0.3) is 0 Å². The minimum absolute atomic E-state index is 0.206. The van der Waals surface area contributed by atoms with Crippen LogP contribution in [-0.2, 0) is 23.7 Å². The lowest BCUT2D eigenvalue weighted by molar-refractivity contribution is -0.339. The van der Waals surface area contributed by atoms with Gasteiger partial charge in [-0.25, -0.2) is 4.79 Å². The van der Waals surface area contributed by atoms with E-state index in [0.717, 1.165) is 0 Å². The molecule has 3 aliphatic rings. The van der Waals surface area contributed by atoms with Gasteiger partial charge >= 0.3 is 5.97 Å². The monoisotopic (exact) mass is 358 g/mol. The van der Waals surface area contributed by atoms with Crippen LogP contribution in [0.4, 0.5) is 0 Å². The molecule has 25 heavy (non-hydrogen) atoms. The summed E-state index contributed by atoms with van der Waals surface area (Å²) in [5.41, 5.74) is 0.393. The Morgan fingerprint density at radius 2 is 2.00 bits per heavy atom. The summed E-state index contributed by atoms with van der Waals surface area (Å²) >= 11 is 0. The number of ether oxygens (including phenoxy) is 4. The number of carbonyl (C=O) groups excluding carboxylic acids is 1. The van der Waals surface area contributed by atoms with E-state index in [1.165, 1.54) is 6.26 Å². The van der Waals surface area contributed by atoms with Gasteiger partial charge < -0.3 is 39.4 Å². The molecule has 2 unspecified atom stereocenters. The van der Waals surface area contributed by atoms with E-state index >= 15 is 0 Å². The first-order chi connectivity index (χ1) is 12.0. The smallest absolute Gasteiger partial charge is 0.337 e. The van der Waals surface area contributed by atoms with E-state index in [4.69, 9.17) is 18.9 Å². The molecule has 2 saturated heterocycles. The van der Waals surface area contributed by atoms with Crippen molar-refractivity contribution < 1.29 is 44.2 Å². The standard InChI is InChI=1S/C16H22O9/c1-2-7-8-3-4-22-14(21)9(8)6-23-15(7)25-16-13(20)12(19)11(18)10(5-17)24-16/h2,6-8,10-13,15-20H,1,3-5H2/t7-,8+,10?,11+,12+,13?,15+,16+/m1/s1. The molecule has 0 aromatic heterocycles. The van der Waals surface area contributed by atoms with Crippen LogP contribution >= 0.6 is 0 Å². The van der Waals surface area contributed by atoms with Gasteiger partial charge in [0.05, 0.1) is 25.0 Å². The van der Waals surface area contributed by atoms with Crippen molar-refractivity contribution in [2.45, 2.75) is 43.4 Å². The molecule has 0 saturated carbocycles. The van der Waals surface area contributed by atoms with Crippen molar-refractivity contribution in [3.8, 4) is 0 Å². The van der Waals surface area contributed by atoms with Crippen molar-refractivity contribution in [2.24, 2.45) is 11.8 Å². The first kappa shape index (κ1) is 18.3. The highest BCUT2D eigenvalue weighted by Gasteiger charge is 2.48. The van der Waals surface area contributed by atoms with Crippen molar-refractivity contribution in [1.82, 2.24) is 0 Å². The third-order valence-corrected chi connectivity index (χ3v) is 4.79. The van der Waals surface area contributed by atoms with Crippen LogP contribution in [0.2, 0.25) is 0 Å². The molecule has 0 radical (unpaired) electrons. The number of cyclic esters (lactones) is 1. The first-order valence-electron chi connectivity index (χ1n) is 8.09. The molecule has 0 aromatic rings. The molecule has 2 fully saturated rings. The van der Waals surface area contributed by atoms with Crippen molar-refractivity contribution >= 4 is 5.97 Å². The molecule has 4 N–H and O–H groups in total. The molecular weight excluding hydrogens is 336 g/mol. The van der Waals surface area contributed by atoms with Gasteiger partial charge in [-0.05, 0) is 6.42 Å². The Hall–Kier alpha value is -1.49. The summed E-state index contributed by atoms with van der Waals surface area (Å²) in [5, 5.41) is 38.9. The zero-order valence-electron chi connectivity index (χ0n) is 13.4. The summed E-state index contributed by atoms with van der Waals surface area (Å²) in [6.07, 6.45) is -4.44. The highest BCUT2D eigenvalue weighted by molar-refractivity contribution is 5.89. The Labute approximate surface area is 144 Å². The largest absolute Gasteiger partial charge is 0.471 e. The minimum atomic E-state index is -1.54. The van der Waals surface area contributed by atoms with Crippen molar-refractivity contribution in [2.75, 3.05) is 13.2 Å². The van der Waals surface area contributed by atoms with Crippen molar-refractivity contribution in [3.63, 3.8) is 0 Å². The Balaban J connectivity index is 1.75. The van der Waals surface area contributed by atoms with Gasteiger partial charge in [0.15, 0.2) is 6.29 Å². The van der Waals surface area contributed by atoms with Crippen LogP contribution in [0, 0.1) is 11.8 Å².